The molecule has 0 bridgehead atoms. The lowest BCUT2D eigenvalue weighted by molar-refractivity contribution is -0.118. The van der Waals surface area contributed by atoms with Gasteiger partial charge in [0.25, 0.3) is 0 Å². The fraction of sp³-hybridized carbons (Fsp3) is 0.300. The Morgan fingerprint density at radius 1 is 1.10 bits per heavy atom. The molecular formula is C30H32ClN5O3. The average Bonchev–Trinajstić information content (AvgIpc) is 3.24. The van der Waals surface area contributed by atoms with E-state index in [2.05, 4.69) is 10.2 Å². The van der Waals surface area contributed by atoms with Gasteiger partial charge in [-0.3, -0.25) is 14.6 Å². The van der Waals surface area contributed by atoms with Crippen molar-refractivity contribution in [2.75, 3.05) is 63.0 Å². The minimum atomic E-state index is -0.619. The molecule has 2 heterocycles. The Morgan fingerprint density at radius 3 is 2.62 bits per heavy atom. The number of fused-ring (bicyclic) bond motifs is 2. The van der Waals surface area contributed by atoms with Crippen LogP contribution in [-0.4, -0.2) is 70.3 Å². The number of halogens is 1. The summed E-state index contributed by atoms with van der Waals surface area (Å²) >= 11 is 6.20. The van der Waals surface area contributed by atoms with Crippen molar-refractivity contribution in [3.05, 3.63) is 76.8 Å². The number of hydrogen-bond donors (Lipinski definition) is 1. The third-order valence-electron chi connectivity index (χ3n) is 7.10. The SMILES string of the molecule is CN(C)CCC(=O)N(C)c1ccc(N=C(c2ccc3c(c2)OCCN3C)C2C(=O)Nc3cc(Cl)ccc32)cc1. The smallest absolute Gasteiger partial charge is 0.238 e. The number of carbonyl (C=O) groups excluding carboxylic acids is 2. The van der Waals surface area contributed by atoms with Gasteiger partial charge in [-0.15, -0.1) is 0 Å². The Balaban J connectivity index is 1.52. The molecule has 0 saturated heterocycles. The molecule has 8 nitrogen and oxygen atoms in total. The topological polar surface area (TPSA) is 77.5 Å². The first kappa shape index (κ1) is 26.7. The Labute approximate surface area is 233 Å². The zero-order valence-electron chi connectivity index (χ0n) is 22.6. The van der Waals surface area contributed by atoms with E-state index in [-0.39, 0.29) is 11.8 Å². The van der Waals surface area contributed by atoms with Crippen LogP contribution in [0.25, 0.3) is 0 Å². The summed E-state index contributed by atoms with van der Waals surface area (Å²) in [6.07, 6.45) is 0.434. The number of rotatable bonds is 7. The van der Waals surface area contributed by atoms with Gasteiger partial charge in [-0.25, -0.2) is 0 Å². The van der Waals surface area contributed by atoms with E-state index in [1.807, 2.05) is 74.6 Å². The lowest BCUT2D eigenvalue weighted by Gasteiger charge is -2.28. The molecule has 0 aromatic heterocycles. The van der Waals surface area contributed by atoms with Crippen LogP contribution in [-0.2, 0) is 9.59 Å². The highest BCUT2D eigenvalue weighted by molar-refractivity contribution is 6.31. The van der Waals surface area contributed by atoms with Crippen LogP contribution >= 0.6 is 11.6 Å². The first-order valence-electron chi connectivity index (χ1n) is 12.9. The quantitative estimate of drug-likeness (QED) is 0.426. The van der Waals surface area contributed by atoms with Gasteiger partial charge in [0, 0.05) is 49.0 Å². The number of nitrogens with zero attached hydrogens (tertiary/aromatic N) is 4. The molecule has 39 heavy (non-hydrogen) atoms. The van der Waals surface area contributed by atoms with Crippen LogP contribution in [0, 0.1) is 0 Å². The highest BCUT2D eigenvalue weighted by atomic mass is 35.5. The summed E-state index contributed by atoms with van der Waals surface area (Å²) in [7, 11) is 7.70. The number of carbonyl (C=O) groups is 2. The molecule has 0 saturated carbocycles. The highest BCUT2D eigenvalue weighted by Crippen LogP contribution is 2.40. The molecule has 0 fully saturated rings. The predicted octanol–water partition coefficient (Wildman–Crippen LogP) is 4.94. The van der Waals surface area contributed by atoms with Crippen molar-refractivity contribution in [3.8, 4) is 5.75 Å². The lowest BCUT2D eigenvalue weighted by Crippen LogP contribution is -2.29. The molecule has 0 spiro atoms. The van der Waals surface area contributed by atoms with Crippen molar-refractivity contribution < 1.29 is 14.3 Å². The third-order valence-corrected chi connectivity index (χ3v) is 7.34. The van der Waals surface area contributed by atoms with E-state index >= 15 is 0 Å². The maximum Gasteiger partial charge on any atom is 0.238 e. The predicted molar refractivity (Wildman–Crippen MR) is 157 cm³/mol. The second kappa shape index (κ2) is 11.1. The maximum absolute atomic E-state index is 13.3. The molecule has 2 aliphatic heterocycles. The van der Waals surface area contributed by atoms with Crippen LogP contribution in [0.3, 0.4) is 0 Å². The second-order valence-electron chi connectivity index (χ2n) is 10.1. The number of aliphatic imine (C=N–C) groups is 1. The van der Waals surface area contributed by atoms with Gasteiger partial charge in [-0.2, -0.15) is 0 Å². The lowest BCUT2D eigenvalue weighted by atomic mass is 9.90. The number of hydrogen-bond acceptors (Lipinski definition) is 6. The molecule has 2 amide bonds. The van der Waals surface area contributed by atoms with Gasteiger partial charge in [0.2, 0.25) is 11.8 Å². The molecular weight excluding hydrogens is 514 g/mol. The van der Waals surface area contributed by atoms with Gasteiger partial charge in [-0.05, 0) is 68.2 Å². The van der Waals surface area contributed by atoms with Gasteiger partial charge in [0.05, 0.1) is 23.6 Å². The minimum absolute atomic E-state index is 0.0394. The molecule has 0 aliphatic carbocycles. The molecule has 1 unspecified atom stereocenters. The van der Waals surface area contributed by atoms with Crippen molar-refractivity contribution in [1.29, 1.82) is 0 Å². The van der Waals surface area contributed by atoms with Crippen LogP contribution in [0.1, 0.15) is 23.5 Å². The Bertz CT molecular complexity index is 1440. The molecule has 3 aromatic rings. The van der Waals surface area contributed by atoms with E-state index in [0.29, 0.717) is 41.7 Å². The van der Waals surface area contributed by atoms with Crippen LogP contribution in [0.2, 0.25) is 5.02 Å². The Morgan fingerprint density at radius 2 is 1.87 bits per heavy atom. The molecule has 0 radical (unpaired) electrons. The Hall–Kier alpha value is -3.88. The van der Waals surface area contributed by atoms with Crippen molar-refractivity contribution >= 4 is 51.9 Å². The standard InChI is InChI=1S/C30H32ClN5O3/c1-34(2)14-13-27(37)36(4)22-9-7-21(8-10-22)32-29(19-5-12-25-26(17-19)39-16-15-35(25)3)28-23-11-6-20(31)18-24(23)33-30(28)38/h5-12,17-18,28H,13-16H2,1-4H3,(H,33,38). The number of nitrogens with one attached hydrogen (secondary N) is 1. The van der Waals surface area contributed by atoms with E-state index in [1.165, 1.54) is 0 Å². The summed E-state index contributed by atoms with van der Waals surface area (Å²) in [6.45, 7) is 2.09. The van der Waals surface area contributed by atoms with E-state index in [0.717, 1.165) is 34.8 Å². The van der Waals surface area contributed by atoms with Crippen molar-refractivity contribution in [1.82, 2.24) is 4.90 Å². The normalized spacial score (nSPS) is 16.5. The third kappa shape index (κ3) is 5.62. The summed E-state index contributed by atoms with van der Waals surface area (Å²) in [5.41, 5.74) is 5.37. The van der Waals surface area contributed by atoms with E-state index in [4.69, 9.17) is 21.3 Å². The van der Waals surface area contributed by atoms with Crippen LogP contribution < -0.4 is 19.9 Å². The molecule has 3 aromatic carbocycles. The molecule has 9 heteroatoms. The fourth-order valence-corrected chi connectivity index (χ4v) is 5.01. The van der Waals surface area contributed by atoms with Crippen LogP contribution in [0.4, 0.5) is 22.7 Å². The number of amides is 2. The van der Waals surface area contributed by atoms with Gasteiger partial charge in [0.1, 0.15) is 18.3 Å². The highest BCUT2D eigenvalue weighted by Gasteiger charge is 2.36. The van der Waals surface area contributed by atoms with Crippen LogP contribution in [0.5, 0.6) is 5.75 Å². The number of anilines is 3. The summed E-state index contributed by atoms with van der Waals surface area (Å²) < 4.78 is 5.95. The van der Waals surface area contributed by atoms with Crippen molar-refractivity contribution in [3.63, 3.8) is 0 Å². The monoisotopic (exact) mass is 545 g/mol. The Kier molecular flexibility index (Phi) is 7.59. The summed E-state index contributed by atoms with van der Waals surface area (Å²) in [5, 5.41) is 3.51. The van der Waals surface area contributed by atoms with Gasteiger partial charge >= 0.3 is 0 Å². The largest absolute Gasteiger partial charge is 0.490 e. The van der Waals surface area contributed by atoms with Crippen molar-refractivity contribution in [2.24, 2.45) is 4.99 Å². The van der Waals surface area contributed by atoms with Gasteiger partial charge in [0.15, 0.2) is 0 Å². The molecule has 202 valence electrons. The summed E-state index contributed by atoms with van der Waals surface area (Å²) in [5.74, 6) is 0.0191. The first-order valence-corrected chi connectivity index (χ1v) is 13.3. The van der Waals surface area contributed by atoms with Crippen LogP contribution in [0.15, 0.2) is 65.7 Å². The van der Waals surface area contributed by atoms with E-state index < -0.39 is 5.92 Å². The summed E-state index contributed by atoms with van der Waals surface area (Å²) in [6, 6.07) is 18.8. The van der Waals surface area contributed by atoms with Crippen molar-refractivity contribution in [2.45, 2.75) is 12.3 Å². The molecule has 5 rings (SSSR count). The first-order chi connectivity index (χ1) is 18.7. The van der Waals surface area contributed by atoms with Gasteiger partial charge in [-0.1, -0.05) is 23.7 Å². The average molecular weight is 546 g/mol. The van der Waals surface area contributed by atoms with E-state index in [1.54, 1.807) is 24.1 Å². The zero-order valence-corrected chi connectivity index (χ0v) is 23.3. The summed E-state index contributed by atoms with van der Waals surface area (Å²) in [4.78, 5) is 36.7. The van der Waals surface area contributed by atoms with Gasteiger partial charge < -0.3 is 24.8 Å². The molecule has 1 atom stereocenters. The fourth-order valence-electron chi connectivity index (χ4n) is 4.84. The number of ether oxygens (including phenoxy) is 1. The zero-order chi connectivity index (χ0) is 27.7. The second-order valence-corrected chi connectivity index (χ2v) is 10.6. The minimum Gasteiger partial charge on any atom is -0.490 e. The van der Waals surface area contributed by atoms with E-state index in [9.17, 15) is 9.59 Å². The molecule has 1 N–H and O–H groups in total. The number of benzene rings is 3. The molecule has 2 aliphatic rings. The number of likely N-dealkylation sites (N-methyl/N-ethyl adjacent to an activating group) is 1. The maximum atomic E-state index is 13.3.